The van der Waals surface area contributed by atoms with Crippen molar-refractivity contribution in [3.8, 4) is 0 Å². The summed E-state index contributed by atoms with van der Waals surface area (Å²) in [5, 5.41) is 12.4. The van der Waals surface area contributed by atoms with Crippen LogP contribution in [0, 0.1) is 6.92 Å². The van der Waals surface area contributed by atoms with Crippen LogP contribution in [0.4, 0.5) is 5.69 Å². The molecule has 1 aliphatic heterocycles. The average Bonchev–Trinajstić information content (AvgIpc) is 3.50. The standard InChI is InChI=1S/C30H37N7O5/c1-18-15-26(38)42-25-17-20(11-12-21(18)25)35-28(40)23(10-6-14-34-30(31)32)36-29(41)24(16-19-7-3-2-4-8-19)37-27(39)22-9-5-13-33-22/h2-4,7-8,11-12,15,17,22-24,33H,5-6,9-10,13-14,16H2,1H3,(H,35,40)(H,36,41)(H,37,39)(H4,31,32,34)/t22-,23+,24-/m1/s1. The molecule has 3 amide bonds. The lowest BCUT2D eigenvalue weighted by Gasteiger charge is -2.24. The van der Waals surface area contributed by atoms with Crippen molar-refractivity contribution in [2.75, 3.05) is 18.4 Å². The summed E-state index contributed by atoms with van der Waals surface area (Å²) in [6, 6.07) is 13.5. The van der Waals surface area contributed by atoms with Crippen LogP contribution in [0.2, 0.25) is 0 Å². The maximum atomic E-state index is 13.6. The van der Waals surface area contributed by atoms with Crippen LogP contribution >= 0.6 is 0 Å². The van der Waals surface area contributed by atoms with Gasteiger partial charge in [0.25, 0.3) is 0 Å². The Labute approximate surface area is 243 Å². The van der Waals surface area contributed by atoms with E-state index in [-0.39, 0.29) is 37.3 Å². The molecule has 2 heterocycles. The van der Waals surface area contributed by atoms with Crippen LogP contribution in [0.3, 0.4) is 0 Å². The zero-order valence-electron chi connectivity index (χ0n) is 23.5. The molecule has 2 aromatic carbocycles. The summed E-state index contributed by atoms with van der Waals surface area (Å²) in [6.45, 7) is 2.80. The molecule has 12 heteroatoms. The van der Waals surface area contributed by atoms with Gasteiger partial charge in [0, 0.05) is 36.2 Å². The van der Waals surface area contributed by atoms with Gasteiger partial charge in [0.05, 0.1) is 6.04 Å². The first-order valence-corrected chi connectivity index (χ1v) is 14.0. The molecule has 222 valence electrons. The second-order valence-electron chi connectivity index (χ2n) is 10.4. The van der Waals surface area contributed by atoms with Crippen LogP contribution in [0.15, 0.2) is 68.8 Å². The Balaban J connectivity index is 1.53. The monoisotopic (exact) mass is 575 g/mol. The van der Waals surface area contributed by atoms with Gasteiger partial charge in [-0.05, 0) is 62.4 Å². The van der Waals surface area contributed by atoms with E-state index >= 15 is 0 Å². The van der Waals surface area contributed by atoms with E-state index < -0.39 is 29.5 Å². The van der Waals surface area contributed by atoms with Gasteiger partial charge in [-0.3, -0.25) is 19.4 Å². The molecule has 1 aromatic heterocycles. The maximum absolute atomic E-state index is 13.6. The lowest BCUT2D eigenvalue weighted by molar-refractivity contribution is -0.131. The zero-order chi connectivity index (χ0) is 30.1. The van der Waals surface area contributed by atoms with Gasteiger partial charge in [-0.25, -0.2) is 4.79 Å². The Morgan fingerprint density at radius 2 is 1.83 bits per heavy atom. The van der Waals surface area contributed by atoms with Gasteiger partial charge in [0.15, 0.2) is 5.96 Å². The van der Waals surface area contributed by atoms with E-state index in [0.717, 1.165) is 29.5 Å². The Morgan fingerprint density at radius 1 is 1.05 bits per heavy atom. The van der Waals surface area contributed by atoms with Crippen molar-refractivity contribution in [3.05, 3.63) is 76.1 Å². The lowest BCUT2D eigenvalue weighted by Crippen LogP contribution is -2.55. The molecular formula is C30H37N7O5. The minimum absolute atomic E-state index is 0.0702. The van der Waals surface area contributed by atoms with E-state index in [4.69, 9.17) is 15.9 Å². The smallest absolute Gasteiger partial charge is 0.336 e. The van der Waals surface area contributed by atoms with Crippen LogP contribution in [0.5, 0.6) is 0 Å². The SMILES string of the molecule is Cc1cc(=O)oc2cc(NC(=O)[C@H](CCCN=C(N)N)NC(=O)[C@@H](Cc3ccccc3)NC(=O)[C@H]3CCCN3)ccc12. The number of carbonyl (C=O) groups excluding carboxylic acids is 3. The molecule has 12 nitrogen and oxygen atoms in total. The molecule has 8 N–H and O–H groups in total. The van der Waals surface area contributed by atoms with Crippen molar-refractivity contribution < 1.29 is 18.8 Å². The van der Waals surface area contributed by atoms with E-state index in [1.54, 1.807) is 25.1 Å². The molecule has 0 aliphatic carbocycles. The fraction of sp³-hybridized carbons (Fsp3) is 0.367. The topological polar surface area (TPSA) is 194 Å². The minimum atomic E-state index is -0.966. The number of nitrogens with zero attached hydrogens (tertiary/aromatic N) is 1. The van der Waals surface area contributed by atoms with Crippen LogP contribution < -0.4 is 38.4 Å². The van der Waals surface area contributed by atoms with Gasteiger partial charge in [-0.1, -0.05) is 30.3 Å². The van der Waals surface area contributed by atoms with Crippen LogP contribution in [-0.2, 0) is 20.8 Å². The van der Waals surface area contributed by atoms with Crippen molar-refractivity contribution in [2.24, 2.45) is 16.5 Å². The fourth-order valence-electron chi connectivity index (χ4n) is 4.92. The number of anilines is 1. The average molecular weight is 576 g/mol. The van der Waals surface area contributed by atoms with Crippen molar-refractivity contribution in [3.63, 3.8) is 0 Å². The number of amides is 3. The molecule has 1 fully saturated rings. The summed E-state index contributed by atoms with van der Waals surface area (Å²) in [7, 11) is 0. The first-order chi connectivity index (χ1) is 20.2. The van der Waals surface area contributed by atoms with E-state index in [2.05, 4.69) is 26.3 Å². The van der Waals surface area contributed by atoms with E-state index in [1.807, 2.05) is 30.3 Å². The molecule has 3 atom stereocenters. The number of aryl methyl sites for hydroxylation is 1. The molecule has 42 heavy (non-hydrogen) atoms. The van der Waals surface area contributed by atoms with E-state index in [0.29, 0.717) is 24.1 Å². The highest BCUT2D eigenvalue weighted by Crippen LogP contribution is 2.21. The first kappa shape index (κ1) is 30.3. The Bertz CT molecular complexity index is 1490. The first-order valence-electron chi connectivity index (χ1n) is 14.0. The highest BCUT2D eigenvalue weighted by atomic mass is 16.4. The minimum Gasteiger partial charge on any atom is -0.423 e. The number of hydrogen-bond acceptors (Lipinski definition) is 7. The molecule has 0 spiro atoms. The van der Waals surface area contributed by atoms with Crippen molar-refractivity contribution >= 4 is 40.3 Å². The molecule has 0 bridgehead atoms. The lowest BCUT2D eigenvalue weighted by atomic mass is 10.0. The molecule has 3 aromatic rings. The van der Waals surface area contributed by atoms with E-state index in [9.17, 15) is 19.2 Å². The largest absolute Gasteiger partial charge is 0.423 e. The third kappa shape index (κ3) is 8.40. The number of aliphatic imine (C=N–C) groups is 1. The summed E-state index contributed by atoms with van der Waals surface area (Å²) < 4.78 is 5.30. The molecule has 1 saturated heterocycles. The van der Waals surface area contributed by atoms with Gasteiger partial charge in [0.2, 0.25) is 17.7 Å². The van der Waals surface area contributed by atoms with Crippen LogP contribution in [0.1, 0.15) is 36.8 Å². The maximum Gasteiger partial charge on any atom is 0.336 e. The third-order valence-electron chi connectivity index (χ3n) is 7.09. The predicted octanol–water partition coefficient (Wildman–Crippen LogP) is 1.06. The van der Waals surface area contributed by atoms with Gasteiger partial charge in [0.1, 0.15) is 17.7 Å². The summed E-state index contributed by atoms with van der Waals surface area (Å²) in [4.78, 5) is 55.8. The summed E-state index contributed by atoms with van der Waals surface area (Å²) >= 11 is 0. The normalized spacial score (nSPS) is 15.9. The summed E-state index contributed by atoms with van der Waals surface area (Å²) in [5.74, 6) is -1.30. The fourth-order valence-corrected chi connectivity index (χ4v) is 4.92. The van der Waals surface area contributed by atoms with Crippen LogP contribution in [0.25, 0.3) is 11.0 Å². The van der Waals surface area contributed by atoms with Gasteiger partial charge < -0.3 is 37.2 Å². The zero-order valence-corrected chi connectivity index (χ0v) is 23.5. The number of guanidine groups is 1. The Hall–Kier alpha value is -4.71. The van der Waals surface area contributed by atoms with Gasteiger partial charge in [-0.15, -0.1) is 0 Å². The van der Waals surface area contributed by atoms with Crippen molar-refractivity contribution in [1.29, 1.82) is 0 Å². The van der Waals surface area contributed by atoms with Gasteiger partial charge in [-0.2, -0.15) is 0 Å². The molecule has 4 rings (SSSR count). The van der Waals surface area contributed by atoms with Crippen molar-refractivity contribution in [2.45, 2.75) is 57.2 Å². The number of carbonyl (C=O) groups is 3. The number of hydrogen-bond donors (Lipinski definition) is 6. The summed E-state index contributed by atoms with van der Waals surface area (Å²) in [5.41, 5.74) is 12.7. The van der Waals surface area contributed by atoms with Crippen LogP contribution in [-0.4, -0.2) is 54.9 Å². The molecule has 0 unspecified atom stereocenters. The predicted molar refractivity (Wildman–Crippen MR) is 161 cm³/mol. The molecular weight excluding hydrogens is 538 g/mol. The van der Waals surface area contributed by atoms with Crippen molar-refractivity contribution in [1.82, 2.24) is 16.0 Å². The molecule has 0 saturated carbocycles. The highest BCUT2D eigenvalue weighted by molar-refractivity contribution is 5.99. The third-order valence-corrected chi connectivity index (χ3v) is 7.09. The number of fused-ring (bicyclic) bond motifs is 1. The quantitative estimate of drug-likeness (QED) is 0.0798. The number of nitrogens with two attached hydrogens (primary N) is 2. The molecule has 0 radical (unpaired) electrons. The van der Waals surface area contributed by atoms with Gasteiger partial charge >= 0.3 is 5.63 Å². The molecule has 1 aliphatic rings. The van der Waals surface area contributed by atoms with E-state index in [1.165, 1.54) is 6.07 Å². The number of rotatable bonds is 12. The number of benzene rings is 2. The second kappa shape index (κ2) is 14.3. The number of nitrogens with one attached hydrogen (secondary N) is 4. The summed E-state index contributed by atoms with van der Waals surface area (Å²) in [6.07, 6.45) is 2.45. The Kier molecular flexibility index (Phi) is 10.3. The highest BCUT2D eigenvalue weighted by Gasteiger charge is 2.30. The second-order valence-corrected chi connectivity index (χ2v) is 10.4. The Morgan fingerprint density at radius 3 is 2.55 bits per heavy atom.